The third-order valence-corrected chi connectivity index (χ3v) is 4.99. The molecule has 0 spiro atoms. The zero-order chi connectivity index (χ0) is 18.5. The van der Waals surface area contributed by atoms with E-state index in [9.17, 15) is 4.79 Å². The molecule has 0 radical (unpaired) electrons. The molecule has 1 saturated heterocycles. The van der Waals surface area contributed by atoms with Gasteiger partial charge in [-0.2, -0.15) is 0 Å². The number of allylic oxidation sites excluding steroid dienone is 1. The number of nitrogens with one attached hydrogen (secondary N) is 1. The summed E-state index contributed by atoms with van der Waals surface area (Å²) in [6, 6.07) is 14.7. The molecular weight excluding hydrogens is 320 g/mol. The van der Waals surface area contributed by atoms with Gasteiger partial charge in [0, 0.05) is 43.9 Å². The average Bonchev–Trinajstić information content (AvgIpc) is 2.67. The van der Waals surface area contributed by atoms with E-state index in [1.165, 1.54) is 16.8 Å². The molecule has 1 N–H and O–H groups in total. The number of carbonyl (C=O) groups excluding carboxylic acids is 1. The summed E-state index contributed by atoms with van der Waals surface area (Å²) in [5.41, 5.74) is 6.55. The lowest BCUT2D eigenvalue weighted by Crippen LogP contribution is -2.43. The minimum Gasteiger partial charge on any atom is -0.369 e. The third-order valence-electron chi connectivity index (χ3n) is 4.99. The van der Waals surface area contributed by atoms with Gasteiger partial charge in [0.15, 0.2) is 5.78 Å². The molecule has 0 amide bonds. The van der Waals surface area contributed by atoms with Crippen molar-refractivity contribution in [3.63, 3.8) is 0 Å². The van der Waals surface area contributed by atoms with Crippen LogP contribution in [0.15, 0.2) is 42.5 Å². The molecule has 1 fully saturated rings. The molecule has 0 saturated carbocycles. The number of piperazine rings is 1. The van der Waals surface area contributed by atoms with Gasteiger partial charge in [-0.15, -0.1) is 0 Å². The predicted octanol–water partition coefficient (Wildman–Crippen LogP) is 4.23. The van der Waals surface area contributed by atoms with Crippen molar-refractivity contribution in [1.29, 1.82) is 0 Å². The monoisotopic (exact) mass is 348 g/mol. The van der Waals surface area contributed by atoms with Crippen molar-refractivity contribution < 1.29 is 4.79 Å². The smallest absolute Gasteiger partial charge is 0.163 e. The van der Waals surface area contributed by atoms with Gasteiger partial charge in [-0.1, -0.05) is 42.8 Å². The number of aryl methyl sites for hydroxylation is 2. The first-order valence-corrected chi connectivity index (χ1v) is 9.46. The lowest BCUT2D eigenvalue weighted by molar-refractivity contribution is -0.113. The van der Waals surface area contributed by atoms with E-state index in [2.05, 4.69) is 60.5 Å². The summed E-state index contributed by atoms with van der Waals surface area (Å²) < 4.78 is 0. The predicted molar refractivity (Wildman–Crippen MR) is 111 cm³/mol. The van der Waals surface area contributed by atoms with Crippen LogP contribution < -0.4 is 10.2 Å². The maximum atomic E-state index is 12.6. The maximum absolute atomic E-state index is 12.6. The number of benzene rings is 2. The van der Waals surface area contributed by atoms with E-state index in [4.69, 9.17) is 0 Å². The molecule has 0 aliphatic carbocycles. The summed E-state index contributed by atoms with van der Waals surface area (Å²) in [6.07, 6.45) is 2.56. The highest BCUT2D eigenvalue weighted by molar-refractivity contribution is 6.25. The summed E-state index contributed by atoms with van der Waals surface area (Å²) in [5.74, 6) is 0.182. The third kappa shape index (κ3) is 4.23. The first-order valence-electron chi connectivity index (χ1n) is 9.46. The van der Waals surface area contributed by atoms with Gasteiger partial charge >= 0.3 is 0 Å². The molecule has 1 aliphatic rings. The molecule has 26 heavy (non-hydrogen) atoms. The van der Waals surface area contributed by atoms with Gasteiger partial charge in [0.05, 0.1) is 0 Å². The van der Waals surface area contributed by atoms with E-state index >= 15 is 0 Å². The molecule has 3 nitrogen and oxygen atoms in total. The van der Waals surface area contributed by atoms with Crippen molar-refractivity contribution in [2.75, 3.05) is 31.1 Å². The molecule has 0 aromatic heterocycles. The van der Waals surface area contributed by atoms with Gasteiger partial charge in [0.2, 0.25) is 0 Å². The van der Waals surface area contributed by atoms with Crippen LogP contribution in [0.2, 0.25) is 0 Å². The molecule has 2 aromatic rings. The van der Waals surface area contributed by atoms with Gasteiger partial charge < -0.3 is 10.2 Å². The standard InChI is InChI=1S/C23H28N2O/c1-4-23(26)22(20-7-5-6-17(2)14-20)16-19-8-9-21(15-18(19)3)25-12-10-24-11-13-25/h5-9,14-16,24H,4,10-13H2,1-3H3/b22-16-. The summed E-state index contributed by atoms with van der Waals surface area (Å²) >= 11 is 0. The van der Waals surface area contributed by atoms with Crippen molar-refractivity contribution in [2.45, 2.75) is 27.2 Å². The van der Waals surface area contributed by atoms with Gasteiger partial charge in [-0.3, -0.25) is 4.79 Å². The first-order chi connectivity index (χ1) is 12.6. The summed E-state index contributed by atoms with van der Waals surface area (Å²) in [6.45, 7) is 10.3. The fourth-order valence-electron chi connectivity index (χ4n) is 3.42. The molecule has 2 aromatic carbocycles. The minimum atomic E-state index is 0.182. The zero-order valence-corrected chi connectivity index (χ0v) is 16.0. The Hall–Kier alpha value is -2.39. The minimum absolute atomic E-state index is 0.182. The average molecular weight is 348 g/mol. The molecule has 1 heterocycles. The SMILES string of the molecule is CCC(=O)/C(=C\c1ccc(N2CCNCC2)cc1C)c1cccc(C)c1. The van der Waals surface area contributed by atoms with Crippen LogP contribution in [0.25, 0.3) is 11.6 Å². The van der Waals surface area contributed by atoms with Crippen LogP contribution in [0.1, 0.15) is 35.6 Å². The molecule has 1 aliphatic heterocycles. The Bertz CT molecular complexity index is 817. The quantitative estimate of drug-likeness (QED) is 0.648. The Morgan fingerprint density at radius 3 is 2.54 bits per heavy atom. The van der Waals surface area contributed by atoms with E-state index < -0.39 is 0 Å². The van der Waals surface area contributed by atoms with Crippen LogP contribution in [0.5, 0.6) is 0 Å². The highest BCUT2D eigenvalue weighted by atomic mass is 16.1. The maximum Gasteiger partial charge on any atom is 0.163 e. The molecule has 136 valence electrons. The van der Waals surface area contributed by atoms with Crippen LogP contribution in [0.4, 0.5) is 5.69 Å². The van der Waals surface area contributed by atoms with Gasteiger partial charge in [0.25, 0.3) is 0 Å². The second kappa shape index (κ2) is 8.33. The molecule has 0 bridgehead atoms. The van der Waals surface area contributed by atoms with Crippen molar-refractivity contribution in [2.24, 2.45) is 0 Å². The Balaban J connectivity index is 1.95. The van der Waals surface area contributed by atoms with E-state index in [0.29, 0.717) is 6.42 Å². The molecule has 3 heteroatoms. The summed E-state index contributed by atoms with van der Waals surface area (Å²) in [5, 5.41) is 3.39. The van der Waals surface area contributed by atoms with Gasteiger partial charge in [-0.25, -0.2) is 0 Å². The zero-order valence-electron chi connectivity index (χ0n) is 16.0. The number of nitrogens with zero attached hydrogens (tertiary/aromatic N) is 1. The highest BCUT2D eigenvalue weighted by Crippen LogP contribution is 2.26. The Kier molecular flexibility index (Phi) is 5.89. The summed E-state index contributed by atoms with van der Waals surface area (Å²) in [4.78, 5) is 15.0. The lowest BCUT2D eigenvalue weighted by atomic mass is 9.95. The molecule has 3 rings (SSSR count). The van der Waals surface area contributed by atoms with E-state index in [1.807, 2.05) is 19.1 Å². The van der Waals surface area contributed by atoms with Crippen LogP contribution >= 0.6 is 0 Å². The van der Waals surface area contributed by atoms with Crippen molar-refractivity contribution >= 4 is 23.1 Å². The fourth-order valence-corrected chi connectivity index (χ4v) is 3.42. The molecular formula is C23H28N2O. The van der Waals surface area contributed by atoms with Gasteiger partial charge in [-0.05, 0) is 48.7 Å². The number of Topliss-reactive ketones (excluding diaryl/α,β-unsaturated/α-hetero) is 1. The second-order valence-corrected chi connectivity index (χ2v) is 6.98. The fraction of sp³-hybridized carbons (Fsp3) is 0.348. The lowest BCUT2D eigenvalue weighted by Gasteiger charge is -2.29. The number of hydrogen-bond donors (Lipinski definition) is 1. The summed E-state index contributed by atoms with van der Waals surface area (Å²) in [7, 11) is 0. The number of hydrogen-bond acceptors (Lipinski definition) is 3. The number of carbonyl (C=O) groups is 1. The Morgan fingerprint density at radius 2 is 1.88 bits per heavy atom. The van der Waals surface area contributed by atoms with E-state index in [-0.39, 0.29) is 5.78 Å². The number of rotatable bonds is 5. The Labute approximate surface area is 156 Å². The topological polar surface area (TPSA) is 32.3 Å². The van der Waals surface area contributed by atoms with E-state index in [1.54, 1.807) is 0 Å². The number of anilines is 1. The molecule has 0 unspecified atom stereocenters. The van der Waals surface area contributed by atoms with Gasteiger partial charge in [0.1, 0.15) is 0 Å². The number of ketones is 1. The molecule has 0 atom stereocenters. The van der Waals surface area contributed by atoms with Crippen molar-refractivity contribution in [1.82, 2.24) is 5.32 Å². The van der Waals surface area contributed by atoms with Crippen LogP contribution in [0.3, 0.4) is 0 Å². The first kappa shape index (κ1) is 18.4. The van der Waals surface area contributed by atoms with Crippen LogP contribution in [-0.4, -0.2) is 32.0 Å². The highest BCUT2D eigenvalue weighted by Gasteiger charge is 2.13. The Morgan fingerprint density at radius 1 is 1.12 bits per heavy atom. The van der Waals surface area contributed by atoms with Crippen molar-refractivity contribution in [3.8, 4) is 0 Å². The second-order valence-electron chi connectivity index (χ2n) is 6.98. The van der Waals surface area contributed by atoms with Crippen molar-refractivity contribution in [3.05, 3.63) is 64.7 Å². The van der Waals surface area contributed by atoms with E-state index in [0.717, 1.165) is 42.9 Å². The van der Waals surface area contributed by atoms with Crippen LogP contribution in [-0.2, 0) is 4.79 Å². The normalized spacial score (nSPS) is 15.2. The van der Waals surface area contributed by atoms with Crippen LogP contribution in [0, 0.1) is 13.8 Å². The largest absolute Gasteiger partial charge is 0.369 e.